The van der Waals surface area contributed by atoms with Gasteiger partial charge in [-0.1, -0.05) is 29.8 Å². The first-order valence-electron chi connectivity index (χ1n) is 7.11. The molecule has 4 nitrogen and oxygen atoms in total. The van der Waals surface area contributed by atoms with E-state index in [1.54, 1.807) is 24.3 Å². The number of hydrogen-bond donors (Lipinski definition) is 1. The molecule has 0 saturated carbocycles. The molecule has 0 saturated heterocycles. The molecule has 2 rings (SSSR count). The first-order chi connectivity index (χ1) is 11.8. The summed E-state index contributed by atoms with van der Waals surface area (Å²) in [5, 5.41) is 3.03. The van der Waals surface area contributed by atoms with Gasteiger partial charge in [-0.25, -0.2) is 4.79 Å². The second-order valence-corrected chi connectivity index (χ2v) is 5.50. The number of ether oxygens (including phenoxy) is 1. The molecule has 8 heteroatoms. The maximum Gasteiger partial charge on any atom is 0.416 e. The Morgan fingerprint density at radius 2 is 1.80 bits per heavy atom. The Bertz CT molecular complexity index is 778. The van der Waals surface area contributed by atoms with Crippen molar-refractivity contribution in [2.45, 2.75) is 12.7 Å². The third kappa shape index (κ3) is 5.79. The molecule has 0 spiro atoms. The van der Waals surface area contributed by atoms with Gasteiger partial charge in [0.1, 0.15) is 0 Å². The highest BCUT2D eigenvalue weighted by Crippen LogP contribution is 2.29. The van der Waals surface area contributed by atoms with Crippen LogP contribution in [0, 0.1) is 0 Å². The first kappa shape index (κ1) is 18.8. The molecule has 132 valence electrons. The topological polar surface area (TPSA) is 55.4 Å². The predicted octanol–water partition coefficient (Wildman–Crippen LogP) is 3.83. The van der Waals surface area contributed by atoms with Crippen LogP contribution in [0.1, 0.15) is 21.5 Å². The summed E-state index contributed by atoms with van der Waals surface area (Å²) in [6.45, 7) is -0.420. The summed E-state index contributed by atoms with van der Waals surface area (Å²) in [7, 11) is 0. The average Bonchev–Trinajstić information content (AvgIpc) is 2.57. The number of rotatable bonds is 5. The van der Waals surface area contributed by atoms with Crippen molar-refractivity contribution in [3.8, 4) is 0 Å². The van der Waals surface area contributed by atoms with Crippen LogP contribution in [0.15, 0.2) is 48.5 Å². The number of carbonyl (C=O) groups is 2. The number of nitrogens with one attached hydrogen (secondary N) is 1. The molecule has 0 aliphatic carbocycles. The van der Waals surface area contributed by atoms with Crippen molar-refractivity contribution in [1.29, 1.82) is 0 Å². The van der Waals surface area contributed by atoms with E-state index in [0.717, 1.165) is 17.7 Å². The molecule has 25 heavy (non-hydrogen) atoms. The molecule has 0 aliphatic rings. The molecule has 0 unspecified atom stereocenters. The van der Waals surface area contributed by atoms with Crippen molar-refractivity contribution in [3.05, 3.63) is 70.2 Å². The van der Waals surface area contributed by atoms with Crippen LogP contribution < -0.4 is 5.32 Å². The van der Waals surface area contributed by atoms with Crippen LogP contribution in [0.4, 0.5) is 13.2 Å². The van der Waals surface area contributed by atoms with Crippen LogP contribution >= 0.6 is 11.6 Å². The van der Waals surface area contributed by atoms with Gasteiger partial charge in [-0.2, -0.15) is 13.2 Å². The SMILES string of the molecule is O=C(COC(=O)c1cccc(C(F)(F)F)c1)NCc1cccc(Cl)c1. The molecule has 0 atom stereocenters. The molecule has 1 amide bonds. The average molecular weight is 372 g/mol. The monoisotopic (exact) mass is 371 g/mol. The Kier molecular flexibility index (Phi) is 6.03. The molecular formula is C17H13ClF3NO3. The predicted molar refractivity (Wildman–Crippen MR) is 85.0 cm³/mol. The lowest BCUT2D eigenvalue weighted by molar-refractivity contribution is -0.137. The summed E-state index contributed by atoms with van der Waals surface area (Å²) >= 11 is 5.81. The van der Waals surface area contributed by atoms with Crippen LogP contribution in [0.2, 0.25) is 5.02 Å². The minimum atomic E-state index is -4.56. The van der Waals surface area contributed by atoms with Gasteiger partial charge in [-0.3, -0.25) is 4.79 Å². The lowest BCUT2D eigenvalue weighted by Crippen LogP contribution is -2.28. The first-order valence-corrected chi connectivity index (χ1v) is 7.49. The number of carbonyl (C=O) groups excluding carboxylic acids is 2. The second-order valence-electron chi connectivity index (χ2n) is 5.06. The number of alkyl halides is 3. The molecule has 0 heterocycles. The third-order valence-corrected chi connectivity index (χ3v) is 3.37. The molecule has 0 aliphatic heterocycles. The van der Waals surface area contributed by atoms with Gasteiger partial charge in [-0.05, 0) is 35.9 Å². The Balaban J connectivity index is 1.86. The zero-order valence-electron chi connectivity index (χ0n) is 12.8. The largest absolute Gasteiger partial charge is 0.452 e. The van der Waals surface area contributed by atoms with Crippen molar-refractivity contribution < 1.29 is 27.5 Å². The van der Waals surface area contributed by atoms with Crippen LogP contribution in [-0.2, 0) is 22.3 Å². The second kappa shape index (κ2) is 8.02. The summed E-state index contributed by atoms with van der Waals surface area (Å²) in [5.41, 5.74) is -0.491. The van der Waals surface area contributed by atoms with E-state index in [9.17, 15) is 22.8 Å². The maximum absolute atomic E-state index is 12.6. The lowest BCUT2D eigenvalue weighted by atomic mass is 10.1. The molecule has 0 bridgehead atoms. The van der Waals surface area contributed by atoms with E-state index in [4.69, 9.17) is 16.3 Å². The van der Waals surface area contributed by atoms with E-state index in [0.29, 0.717) is 11.1 Å². The number of esters is 1. The molecule has 2 aromatic carbocycles. The van der Waals surface area contributed by atoms with Crippen molar-refractivity contribution in [2.75, 3.05) is 6.61 Å². The van der Waals surface area contributed by atoms with Crippen molar-refractivity contribution >= 4 is 23.5 Å². The Morgan fingerprint density at radius 3 is 2.48 bits per heavy atom. The molecule has 0 radical (unpaired) electrons. The highest BCUT2D eigenvalue weighted by molar-refractivity contribution is 6.30. The van der Waals surface area contributed by atoms with Crippen molar-refractivity contribution in [3.63, 3.8) is 0 Å². The van der Waals surface area contributed by atoms with Gasteiger partial charge in [-0.15, -0.1) is 0 Å². The molecular weight excluding hydrogens is 359 g/mol. The zero-order chi connectivity index (χ0) is 18.4. The van der Waals surface area contributed by atoms with Gasteiger partial charge < -0.3 is 10.1 Å². The quantitative estimate of drug-likeness (QED) is 0.813. The van der Waals surface area contributed by atoms with E-state index in [2.05, 4.69) is 5.32 Å². The Hall–Kier alpha value is -2.54. The van der Waals surface area contributed by atoms with Gasteiger partial charge in [0.05, 0.1) is 11.1 Å². The van der Waals surface area contributed by atoms with Gasteiger partial charge in [0.15, 0.2) is 6.61 Å². The minimum Gasteiger partial charge on any atom is -0.452 e. The summed E-state index contributed by atoms with van der Waals surface area (Å²) in [6.07, 6.45) is -4.56. The molecule has 0 aromatic heterocycles. The summed E-state index contributed by atoms with van der Waals surface area (Å²) in [4.78, 5) is 23.4. The number of halogens is 4. The Morgan fingerprint density at radius 1 is 1.08 bits per heavy atom. The Labute approximate surface area is 146 Å². The van der Waals surface area contributed by atoms with E-state index >= 15 is 0 Å². The number of amides is 1. The van der Waals surface area contributed by atoms with Crippen LogP contribution in [0.3, 0.4) is 0 Å². The summed E-state index contributed by atoms with van der Waals surface area (Å²) < 4.78 is 42.6. The van der Waals surface area contributed by atoms with Gasteiger partial charge in [0, 0.05) is 11.6 Å². The molecule has 1 N–H and O–H groups in total. The van der Waals surface area contributed by atoms with Crippen molar-refractivity contribution in [2.24, 2.45) is 0 Å². The fourth-order valence-corrected chi connectivity index (χ4v) is 2.15. The maximum atomic E-state index is 12.6. The zero-order valence-corrected chi connectivity index (χ0v) is 13.5. The lowest BCUT2D eigenvalue weighted by Gasteiger charge is -2.09. The molecule has 2 aromatic rings. The fourth-order valence-electron chi connectivity index (χ4n) is 1.94. The van der Waals surface area contributed by atoms with E-state index < -0.39 is 30.2 Å². The van der Waals surface area contributed by atoms with Crippen LogP contribution in [-0.4, -0.2) is 18.5 Å². The van der Waals surface area contributed by atoms with Crippen molar-refractivity contribution in [1.82, 2.24) is 5.32 Å². The molecule has 0 fully saturated rings. The van der Waals surface area contributed by atoms with Crippen LogP contribution in [0.25, 0.3) is 0 Å². The summed E-state index contributed by atoms with van der Waals surface area (Å²) in [5.74, 6) is -1.59. The van der Waals surface area contributed by atoms with Gasteiger partial charge >= 0.3 is 12.1 Å². The third-order valence-electron chi connectivity index (χ3n) is 3.14. The number of benzene rings is 2. The standard InChI is InChI=1S/C17H13ClF3NO3/c18-14-6-1-3-11(7-14)9-22-15(23)10-25-16(24)12-4-2-5-13(8-12)17(19,20)21/h1-8H,9-10H2,(H,22,23). The van der Waals surface area contributed by atoms with Gasteiger partial charge in [0.25, 0.3) is 5.91 Å². The van der Waals surface area contributed by atoms with Gasteiger partial charge in [0.2, 0.25) is 0 Å². The minimum absolute atomic E-state index is 0.181. The normalized spacial score (nSPS) is 11.0. The number of hydrogen-bond acceptors (Lipinski definition) is 3. The highest BCUT2D eigenvalue weighted by Gasteiger charge is 2.31. The fraction of sp³-hybridized carbons (Fsp3) is 0.176. The van der Waals surface area contributed by atoms with E-state index in [1.165, 1.54) is 6.07 Å². The van der Waals surface area contributed by atoms with E-state index in [-0.39, 0.29) is 12.1 Å². The van der Waals surface area contributed by atoms with E-state index in [1.807, 2.05) is 0 Å². The smallest absolute Gasteiger partial charge is 0.416 e. The van der Waals surface area contributed by atoms with Crippen LogP contribution in [0.5, 0.6) is 0 Å². The highest BCUT2D eigenvalue weighted by atomic mass is 35.5. The summed E-state index contributed by atoms with van der Waals surface area (Å²) in [6, 6.07) is 10.6.